The second kappa shape index (κ2) is 6.03. The van der Waals surface area contributed by atoms with Crippen molar-refractivity contribution in [2.45, 2.75) is 33.7 Å². The summed E-state index contributed by atoms with van der Waals surface area (Å²) in [6, 6.07) is 3.63. The molecule has 2 heterocycles. The van der Waals surface area contributed by atoms with Crippen LogP contribution in [0.2, 0.25) is 0 Å². The van der Waals surface area contributed by atoms with Crippen LogP contribution in [0, 0.1) is 19.8 Å². The first-order valence-electron chi connectivity index (χ1n) is 6.49. The van der Waals surface area contributed by atoms with Crippen molar-refractivity contribution in [2.75, 3.05) is 5.32 Å². The number of hydrogen-bond acceptors (Lipinski definition) is 5. The lowest BCUT2D eigenvalue weighted by Crippen LogP contribution is -2.39. The molecule has 0 aliphatic carbocycles. The van der Waals surface area contributed by atoms with Crippen LogP contribution in [-0.4, -0.2) is 16.9 Å². The lowest BCUT2D eigenvalue weighted by molar-refractivity contribution is -0.118. The zero-order valence-electron chi connectivity index (χ0n) is 12.1. The highest BCUT2D eigenvalue weighted by atomic mass is 32.1. The highest BCUT2D eigenvalue weighted by molar-refractivity contribution is 7.18. The number of nitrogens with one attached hydrogen (secondary N) is 1. The summed E-state index contributed by atoms with van der Waals surface area (Å²) in [5.41, 5.74) is 6.78. The molecule has 20 heavy (non-hydrogen) atoms. The van der Waals surface area contributed by atoms with Crippen molar-refractivity contribution in [3.63, 3.8) is 0 Å². The predicted octanol–water partition coefficient (Wildman–Crippen LogP) is 3.41. The van der Waals surface area contributed by atoms with Crippen LogP contribution in [0.4, 0.5) is 5.13 Å². The van der Waals surface area contributed by atoms with Gasteiger partial charge in [0.1, 0.15) is 0 Å². The molecular formula is C14H19N3OS2. The van der Waals surface area contributed by atoms with Gasteiger partial charge in [-0.05, 0) is 31.9 Å². The monoisotopic (exact) mass is 309 g/mol. The highest BCUT2D eigenvalue weighted by Gasteiger charge is 2.19. The van der Waals surface area contributed by atoms with Gasteiger partial charge in [-0.2, -0.15) is 0 Å². The number of aryl methyl sites for hydroxylation is 2. The molecule has 4 nitrogen and oxygen atoms in total. The van der Waals surface area contributed by atoms with E-state index in [4.69, 9.17) is 5.73 Å². The number of carbonyl (C=O) groups is 1. The maximum atomic E-state index is 11.9. The number of carbonyl (C=O) groups excluding carboxylic acids is 1. The van der Waals surface area contributed by atoms with Crippen LogP contribution in [0.1, 0.15) is 23.6 Å². The van der Waals surface area contributed by atoms with E-state index in [1.54, 1.807) is 11.3 Å². The van der Waals surface area contributed by atoms with E-state index in [1.807, 2.05) is 20.8 Å². The van der Waals surface area contributed by atoms with Crippen molar-refractivity contribution >= 4 is 33.7 Å². The average Bonchev–Trinajstić information content (AvgIpc) is 2.94. The summed E-state index contributed by atoms with van der Waals surface area (Å²) in [5.74, 6) is -0.0712. The molecule has 2 aromatic rings. The van der Waals surface area contributed by atoms with Crippen molar-refractivity contribution in [1.29, 1.82) is 0 Å². The van der Waals surface area contributed by atoms with Crippen LogP contribution in [0.25, 0.3) is 10.6 Å². The molecule has 0 radical (unpaired) electrons. The minimum absolute atomic E-state index is 0.107. The Morgan fingerprint density at radius 2 is 2.00 bits per heavy atom. The number of thiophene rings is 1. The third-order valence-corrected chi connectivity index (χ3v) is 4.92. The van der Waals surface area contributed by atoms with Crippen LogP contribution < -0.4 is 11.1 Å². The average molecular weight is 309 g/mol. The largest absolute Gasteiger partial charge is 0.320 e. The summed E-state index contributed by atoms with van der Waals surface area (Å²) in [6.45, 7) is 7.94. The van der Waals surface area contributed by atoms with Crippen molar-refractivity contribution in [3.8, 4) is 10.6 Å². The number of nitrogens with two attached hydrogens (primary N) is 1. The third-order valence-electron chi connectivity index (χ3n) is 3.02. The standard InChI is InChI=1S/C14H19N3OS2/c1-7(2)11(15)13(18)17-14-16-12(9(4)20-14)10-6-5-8(3)19-10/h5-7,11H,15H2,1-4H3,(H,16,17,18)/t11-/m0/s1. The SMILES string of the molecule is Cc1ccc(-c2nc(NC(=O)[C@@H](N)C(C)C)sc2C)s1. The molecule has 0 bridgehead atoms. The molecule has 108 valence electrons. The summed E-state index contributed by atoms with van der Waals surface area (Å²) in [4.78, 5) is 19.9. The smallest absolute Gasteiger partial charge is 0.243 e. The zero-order chi connectivity index (χ0) is 14.9. The number of nitrogens with zero attached hydrogens (tertiary/aromatic N) is 1. The predicted molar refractivity (Wildman–Crippen MR) is 86.3 cm³/mol. The Hall–Kier alpha value is -1.24. The van der Waals surface area contributed by atoms with Crippen molar-refractivity contribution in [1.82, 2.24) is 4.98 Å². The van der Waals surface area contributed by atoms with Gasteiger partial charge in [0.2, 0.25) is 5.91 Å². The van der Waals surface area contributed by atoms with E-state index in [2.05, 4.69) is 29.4 Å². The lowest BCUT2D eigenvalue weighted by Gasteiger charge is -2.13. The van der Waals surface area contributed by atoms with Crippen LogP contribution >= 0.6 is 22.7 Å². The van der Waals surface area contributed by atoms with Crippen molar-refractivity contribution < 1.29 is 4.79 Å². The van der Waals surface area contributed by atoms with Crippen LogP contribution in [0.5, 0.6) is 0 Å². The molecular weight excluding hydrogens is 290 g/mol. The third kappa shape index (κ3) is 3.26. The molecule has 0 saturated carbocycles. The molecule has 3 N–H and O–H groups in total. The molecule has 0 aliphatic heterocycles. The molecule has 0 aromatic carbocycles. The first-order valence-corrected chi connectivity index (χ1v) is 8.12. The quantitative estimate of drug-likeness (QED) is 0.909. The topological polar surface area (TPSA) is 68.0 Å². The molecule has 0 saturated heterocycles. The van der Waals surface area contributed by atoms with E-state index in [1.165, 1.54) is 16.2 Å². The molecule has 1 amide bonds. The Morgan fingerprint density at radius 3 is 2.55 bits per heavy atom. The lowest BCUT2D eigenvalue weighted by atomic mass is 10.1. The Labute approximate surface area is 127 Å². The number of aromatic nitrogens is 1. The summed E-state index contributed by atoms with van der Waals surface area (Å²) < 4.78 is 0. The maximum absolute atomic E-state index is 11.9. The van der Waals surface area contributed by atoms with Crippen molar-refractivity contribution in [2.24, 2.45) is 11.7 Å². The normalized spacial score (nSPS) is 12.7. The van der Waals surface area contributed by atoms with E-state index in [-0.39, 0.29) is 11.8 Å². The fourth-order valence-electron chi connectivity index (χ4n) is 1.73. The molecule has 0 aliphatic rings. The van der Waals surface area contributed by atoms with Gasteiger partial charge in [-0.3, -0.25) is 4.79 Å². The van der Waals surface area contributed by atoms with Gasteiger partial charge in [-0.1, -0.05) is 13.8 Å². The summed E-state index contributed by atoms with van der Waals surface area (Å²) in [7, 11) is 0. The Bertz CT molecular complexity index is 616. The van der Waals surface area contributed by atoms with Gasteiger partial charge >= 0.3 is 0 Å². The Balaban J connectivity index is 2.18. The van der Waals surface area contributed by atoms with Crippen molar-refractivity contribution in [3.05, 3.63) is 21.9 Å². The van der Waals surface area contributed by atoms with Gasteiger partial charge in [-0.15, -0.1) is 22.7 Å². The number of thiazole rings is 1. The molecule has 0 unspecified atom stereocenters. The van der Waals surface area contributed by atoms with E-state index in [0.717, 1.165) is 15.4 Å². The highest BCUT2D eigenvalue weighted by Crippen LogP contribution is 2.34. The number of anilines is 1. The molecule has 2 aromatic heterocycles. The number of hydrogen-bond donors (Lipinski definition) is 2. The molecule has 1 atom stereocenters. The van der Waals surface area contributed by atoms with E-state index < -0.39 is 6.04 Å². The van der Waals surface area contributed by atoms with Gasteiger partial charge in [0, 0.05) is 9.75 Å². The van der Waals surface area contributed by atoms with E-state index in [9.17, 15) is 4.79 Å². The summed E-state index contributed by atoms with van der Waals surface area (Å²) in [6.07, 6.45) is 0. The second-order valence-electron chi connectivity index (χ2n) is 5.09. The van der Waals surface area contributed by atoms with Gasteiger partial charge in [-0.25, -0.2) is 4.98 Å². The summed E-state index contributed by atoms with van der Waals surface area (Å²) in [5, 5.41) is 3.42. The molecule has 2 rings (SSSR count). The second-order valence-corrected chi connectivity index (χ2v) is 7.58. The first-order chi connectivity index (χ1) is 9.38. The Morgan fingerprint density at radius 1 is 1.30 bits per heavy atom. The minimum atomic E-state index is -0.508. The van der Waals surface area contributed by atoms with Gasteiger partial charge in [0.05, 0.1) is 16.6 Å². The van der Waals surface area contributed by atoms with Gasteiger partial charge in [0.25, 0.3) is 0 Å². The van der Waals surface area contributed by atoms with Crippen LogP contribution in [0.3, 0.4) is 0 Å². The Kier molecular flexibility index (Phi) is 4.57. The van der Waals surface area contributed by atoms with Crippen LogP contribution in [0.15, 0.2) is 12.1 Å². The van der Waals surface area contributed by atoms with E-state index >= 15 is 0 Å². The molecule has 6 heteroatoms. The number of rotatable bonds is 4. The van der Waals surface area contributed by atoms with Gasteiger partial charge in [0.15, 0.2) is 5.13 Å². The van der Waals surface area contributed by atoms with E-state index in [0.29, 0.717) is 5.13 Å². The van der Waals surface area contributed by atoms with Crippen LogP contribution in [-0.2, 0) is 4.79 Å². The fourth-order valence-corrected chi connectivity index (χ4v) is 3.54. The first kappa shape index (κ1) is 15.2. The molecule has 0 spiro atoms. The zero-order valence-corrected chi connectivity index (χ0v) is 13.7. The maximum Gasteiger partial charge on any atom is 0.243 e. The van der Waals surface area contributed by atoms with Gasteiger partial charge < -0.3 is 11.1 Å². The summed E-state index contributed by atoms with van der Waals surface area (Å²) >= 11 is 3.19. The minimum Gasteiger partial charge on any atom is -0.320 e. The fraction of sp³-hybridized carbons (Fsp3) is 0.429. The number of amides is 1. The molecule has 0 fully saturated rings.